The van der Waals surface area contributed by atoms with Crippen molar-refractivity contribution in [3.8, 4) is 17.0 Å². The molecule has 110 valence electrons. The van der Waals surface area contributed by atoms with Crippen molar-refractivity contribution in [3.63, 3.8) is 0 Å². The number of hydrogen-bond donors (Lipinski definition) is 3. The van der Waals surface area contributed by atoms with Crippen LogP contribution < -0.4 is 5.56 Å². The van der Waals surface area contributed by atoms with E-state index in [0.717, 1.165) is 0 Å². The summed E-state index contributed by atoms with van der Waals surface area (Å²) >= 11 is 0. The minimum Gasteiger partial charge on any atom is -0.508 e. The van der Waals surface area contributed by atoms with Crippen LogP contribution in [-0.2, 0) is 0 Å². The Bertz CT molecular complexity index is 898. The van der Waals surface area contributed by atoms with E-state index in [4.69, 9.17) is 0 Å². The average molecular weight is 298 g/mol. The van der Waals surface area contributed by atoms with E-state index in [-0.39, 0.29) is 17.1 Å². The number of aromatic hydroxyl groups is 1. The van der Waals surface area contributed by atoms with Gasteiger partial charge in [-0.2, -0.15) is 0 Å². The van der Waals surface area contributed by atoms with Crippen LogP contribution in [0.5, 0.6) is 5.75 Å². The van der Waals surface area contributed by atoms with E-state index < -0.39 is 11.4 Å². The molecule has 2 aromatic carbocycles. The normalized spacial score (nSPS) is 11.1. The third-order valence-electron chi connectivity index (χ3n) is 3.00. The largest absolute Gasteiger partial charge is 0.508 e. The van der Waals surface area contributed by atoms with Gasteiger partial charge in [0.05, 0.1) is 5.69 Å². The lowest BCUT2D eigenvalue weighted by Crippen LogP contribution is -1.96. The number of phenols is 1. The second kappa shape index (κ2) is 5.65. The molecule has 22 heavy (non-hydrogen) atoms. The van der Waals surface area contributed by atoms with Crippen LogP contribution in [-0.4, -0.2) is 15.3 Å². The molecule has 3 N–H and O–H groups in total. The predicted molar refractivity (Wildman–Crippen MR) is 79.1 cm³/mol. The lowest BCUT2D eigenvalue weighted by molar-refractivity contribution is 0.475. The minimum absolute atomic E-state index is 0.00820. The summed E-state index contributed by atoms with van der Waals surface area (Å²) in [5.74, 6) is -0.478. The van der Waals surface area contributed by atoms with Gasteiger partial charge >= 0.3 is 0 Å². The first-order valence-electron chi connectivity index (χ1n) is 6.41. The lowest BCUT2D eigenvalue weighted by atomic mass is 10.1. The van der Waals surface area contributed by atoms with Gasteiger partial charge in [0.1, 0.15) is 11.4 Å². The van der Waals surface area contributed by atoms with Crippen molar-refractivity contribution in [2.75, 3.05) is 0 Å². The number of nitrogens with zero attached hydrogens (tertiary/aromatic N) is 2. The van der Waals surface area contributed by atoms with Crippen molar-refractivity contribution in [2.45, 2.75) is 0 Å². The molecule has 1 aromatic heterocycles. The van der Waals surface area contributed by atoms with Gasteiger partial charge in [-0.15, -0.1) is 10.2 Å². The molecule has 0 saturated heterocycles. The zero-order valence-corrected chi connectivity index (χ0v) is 11.2. The van der Waals surface area contributed by atoms with Gasteiger partial charge < -0.3 is 5.11 Å². The van der Waals surface area contributed by atoms with E-state index in [9.17, 15) is 14.3 Å². The van der Waals surface area contributed by atoms with Crippen LogP contribution >= 0.6 is 0 Å². The average Bonchev–Trinajstić information content (AvgIpc) is 2.87. The summed E-state index contributed by atoms with van der Waals surface area (Å²) < 4.78 is 13.5. The molecule has 0 aliphatic heterocycles. The first-order chi connectivity index (χ1) is 10.6. The number of aromatic amines is 2. The fourth-order valence-corrected chi connectivity index (χ4v) is 1.95. The molecule has 0 aliphatic rings. The second-order valence-corrected chi connectivity index (χ2v) is 4.50. The van der Waals surface area contributed by atoms with Gasteiger partial charge in [0.25, 0.3) is 5.56 Å². The van der Waals surface area contributed by atoms with E-state index in [1.54, 1.807) is 18.2 Å². The summed E-state index contributed by atoms with van der Waals surface area (Å²) in [7, 11) is 0. The lowest BCUT2D eigenvalue weighted by Gasteiger charge is -1.99. The number of nitrogens with one attached hydrogen (secondary N) is 2. The van der Waals surface area contributed by atoms with Crippen molar-refractivity contribution < 1.29 is 9.50 Å². The first kappa shape index (κ1) is 13.7. The smallest absolute Gasteiger partial charge is 0.292 e. The molecule has 0 saturated carbocycles. The fourth-order valence-electron chi connectivity index (χ4n) is 1.95. The number of H-pyrrole nitrogens is 2. The van der Waals surface area contributed by atoms with E-state index in [2.05, 4.69) is 20.4 Å². The van der Waals surface area contributed by atoms with Crippen LogP contribution in [0.2, 0.25) is 0 Å². The minimum atomic E-state index is -0.530. The summed E-state index contributed by atoms with van der Waals surface area (Å²) in [5, 5.41) is 22.2. The second-order valence-electron chi connectivity index (χ2n) is 4.50. The quantitative estimate of drug-likeness (QED) is 0.644. The maximum Gasteiger partial charge on any atom is 0.292 e. The molecular weight excluding hydrogens is 287 g/mol. The molecule has 6 nitrogen and oxygen atoms in total. The van der Waals surface area contributed by atoms with Crippen LogP contribution in [0, 0.1) is 5.82 Å². The van der Waals surface area contributed by atoms with Crippen molar-refractivity contribution in [3.05, 3.63) is 64.7 Å². The number of hydrogen-bond acceptors (Lipinski definition) is 4. The highest BCUT2D eigenvalue weighted by molar-refractivity contribution is 5.72. The molecule has 0 amide bonds. The van der Waals surface area contributed by atoms with Gasteiger partial charge in [-0.25, -0.2) is 4.39 Å². The number of rotatable bonds is 3. The topological polar surface area (TPSA) is 93.6 Å². The van der Waals surface area contributed by atoms with Gasteiger partial charge in [-0.3, -0.25) is 15.0 Å². The molecule has 0 atom stereocenters. The number of azo groups is 1. The van der Waals surface area contributed by atoms with Crippen molar-refractivity contribution >= 4 is 11.4 Å². The standard InChI is InChI=1S/C15H11FN4O2/c16-11-6-1-2-7-12(11)17-19-14-13(18-20-15(14)22)9-4-3-5-10(21)8-9/h1-8,21H,(H2,18,20,22). The molecule has 0 bridgehead atoms. The van der Waals surface area contributed by atoms with Crippen LogP contribution in [0.1, 0.15) is 0 Å². The first-order valence-corrected chi connectivity index (χ1v) is 6.41. The highest BCUT2D eigenvalue weighted by atomic mass is 19.1. The molecule has 0 spiro atoms. The SMILES string of the molecule is O=c1[nH][nH]c(-c2cccc(O)c2)c1N=Nc1ccccc1F. The highest BCUT2D eigenvalue weighted by Gasteiger charge is 2.12. The van der Waals surface area contributed by atoms with Gasteiger partial charge in [-0.05, 0) is 24.3 Å². The number of halogens is 1. The van der Waals surface area contributed by atoms with Crippen molar-refractivity contribution in [1.82, 2.24) is 10.2 Å². The summed E-state index contributed by atoms with van der Waals surface area (Å²) in [6.07, 6.45) is 0. The van der Waals surface area contributed by atoms with Gasteiger partial charge in [-0.1, -0.05) is 24.3 Å². The Hall–Kier alpha value is -3.22. The molecule has 0 radical (unpaired) electrons. The van der Waals surface area contributed by atoms with Crippen molar-refractivity contribution in [2.24, 2.45) is 10.2 Å². The van der Waals surface area contributed by atoms with Gasteiger partial charge in [0.2, 0.25) is 0 Å². The molecule has 3 aromatic rings. The Morgan fingerprint density at radius 3 is 2.59 bits per heavy atom. The van der Waals surface area contributed by atoms with E-state index in [0.29, 0.717) is 11.3 Å². The van der Waals surface area contributed by atoms with Crippen LogP contribution in [0.15, 0.2) is 63.6 Å². The Kier molecular flexibility index (Phi) is 3.53. The summed E-state index contributed by atoms with van der Waals surface area (Å²) in [5.41, 5.74) is 0.471. The molecular formula is C15H11FN4O2. The Balaban J connectivity index is 2.04. The highest BCUT2D eigenvalue weighted by Crippen LogP contribution is 2.28. The van der Waals surface area contributed by atoms with Crippen LogP contribution in [0.3, 0.4) is 0 Å². The monoisotopic (exact) mass is 298 g/mol. The van der Waals surface area contributed by atoms with E-state index in [1.807, 2.05) is 0 Å². The van der Waals surface area contributed by atoms with Gasteiger partial charge in [0.15, 0.2) is 11.5 Å². The maximum absolute atomic E-state index is 13.5. The summed E-state index contributed by atoms with van der Waals surface area (Å²) in [6, 6.07) is 12.2. The Labute approximate surface area is 124 Å². The zero-order chi connectivity index (χ0) is 15.5. The van der Waals surface area contributed by atoms with Gasteiger partial charge in [0, 0.05) is 5.56 Å². The van der Waals surface area contributed by atoms with Crippen LogP contribution in [0.25, 0.3) is 11.3 Å². The fraction of sp³-hybridized carbons (Fsp3) is 0. The number of aromatic nitrogens is 2. The van der Waals surface area contributed by atoms with E-state index >= 15 is 0 Å². The molecule has 7 heteroatoms. The van der Waals surface area contributed by atoms with E-state index in [1.165, 1.54) is 30.3 Å². The molecule has 3 rings (SSSR count). The summed E-state index contributed by atoms with van der Waals surface area (Å²) in [6.45, 7) is 0. The molecule has 1 heterocycles. The van der Waals surface area contributed by atoms with Crippen LogP contribution in [0.4, 0.5) is 15.8 Å². The summed E-state index contributed by atoms with van der Waals surface area (Å²) in [4.78, 5) is 11.8. The van der Waals surface area contributed by atoms with Crippen molar-refractivity contribution in [1.29, 1.82) is 0 Å². The third kappa shape index (κ3) is 2.64. The third-order valence-corrected chi connectivity index (χ3v) is 3.00. The number of benzene rings is 2. The Morgan fingerprint density at radius 2 is 1.82 bits per heavy atom. The molecule has 0 aliphatic carbocycles. The Morgan fingerprint density at radius 1 is 1.00 bits per heavy atom. The molecule has 0 unspecified atom stereocenters. The maximum atomic E-state index is 13.5. The number of phenolic OH excluding ortho intramolecular Hbond substituents is 1. The zero-order valence-electron chi connectivity index (χ0n) is 11.2. The predicted octanol–water partition coefficient (Wildman–Crippen LogP) is 3.63. The molecule has 0 fully saturated rings.